The highest BCUT2D eigenvalue weighted by atomic mass is 32.2. The number of sulfonamides is 1. The molecule has 2 saturated heterocycles. The van der Waals surface area contributed by atoms with Crippen LogP contribution in [-0.4, -0.2) is 51.0 Å². The third kappa shape index (κ3) is 3.53. The van der Waals surface area contributed by atoms with E-state index in [1.807, 2.05) is 24.3 Å². The second kappa shape index (κ2) is 7.48. The Labute approximate surface area is 160 Å². The summed E-state index contributed by atoms with van der Waals surface area (Å²) in [5.41, 5.74) is 1.22. The van der Waals surface area contributed by atoms with E-state index in [4.69, 9.17) is 4.74 Å². The van der Waals surface area contributed by atoms with Gasteiger partial charge >= 0.3 is 0 Å². The molecule has 1 unspecified atom stereocenters. The van der Waals surface area contributed by atoms with Crippen molar-refractivity contribution in [3.63, 3.8) is 0 Å². The molecule has 2 aromatic rings. The van der Waals surface area contributed by atoms with Crippen LogP contribution in [0, 0.1) is 0 Å². The first-order chi connectivity index (χ1) is 13.1. The minimum Gasteiger partial charge on any atom is -0.496 e. The highest BCUT2D eigenvalue weighted by molar-refractivity contribution is 7.89. The maximum atomic E-state index is 12.6. The van der Waals surface area contributed by atoms with Gasteiger partial charge < -0.3 is 9.64 Å². The number of para-hydroxylation sites is 1. The number of pyridine rings is 1. The minimum atomic E-state index is -3.41. The highest BCUT2D eigenvalue weighted by Gasteiger charge is 2.29. The van der Waals surface area contributed by atoms with Crippen molar-refractivity contribution < 1.29 is 13.2 Å². The number of rotatable bonds is 5. The van der Waals surface area contributed by atoms with E-state index in [1.54, 1.807) is 17.5 Å². The highest BCUT2D eigenvalue weighted by Crippen LogP contribution is 2.35. The topological polar surface area (TPSA) is 62.7 Å². The second-order valence-electron chi connectivity index (χ2n) is 7.14. The van der Waals surface area contributed by atoms with Crippen molar-refractivity contribution in [2.75, 3.05) is 38.2 Å². The Bertz CT molecular complexity index is 893. The normalized spacial score (nSPS) is 20.9. The molecule has 2 aliphatic heterocycles. The summed E-state index contributed by atoms with van der Waals surface area (Å²) in [6, 6.07) is 11.6. The van der Waals surface area contributed by atoms with Crippen LogP contribution in [0.25, 0.3) is 0 Å². The van der Waals surface area contributed by atoms with Crippen molar-refractivity contribution in [3.8, 4) is 5.75 Å². The molecule has 0 amide bonds. The summed E-state index contributed by atoms with van der Waals surface area (Å²) in [6.07, 6.45) is 4.39. The summed E-state index contributed by atoms with van der Waals surface area (Å²) in [4.78, 5) is 6.96. The predicted molar refractivity (Wildman–Crippen MR) is 105 cm³/mol. The summed E-state index contributed by atoms with van der Waals surface area (Å²) < 4.78 is 32.3. The molecule has 0 saturated carbocycles. The molecule has 1 aromatic carbocycles. The van der Waals surface area contributed by atoms with Gasteiger partial charge in [0.1, 0.15) is 16.5 Å². The van der Waals surface area contributed by atoms with E-state index < -0.39 is 10.0 Å². The van der Waals surface area contributed by atoms with Crippen LogP contribution < -0.4 is 9.64 Å². The third-order valence-electron chi connectivity index (χ3n) is 5.51. The van der Waals surface area contributed by atoms with E-state index in [-0.39, 0.29) is 4.90 Å². The number of aromatic nitrogens is 1. The van der Waals surface area contributed by atoms with E-state index in [0.717, 1.165) is 43.9 Å². The van der Waals surface area contributed by atoms with Gasteiger partial charge in [0.2, 0.25) is 10.0 Å². The summed E-state index contributed by atoms with van der Waals surface area (Å²) in [7, 11) is -1.70. The number of ether oxygens (including phenoxy) is 1. The zero-order valence-electron chi connectivity index (χ0n) is 15.5. The quantitative estimate of drug-likeness (QED) is 0.789. The van der Waals surface area contributed by atoms with Crippen LogP contribution >= 0.6 is 0 Å². The smallest absolute Gasteiger partial charge is 0.244 e. The molecule has 1 atom stereocenters. The standard InChI is InChI=1S/C20H25N3O3S/c1-26-19-7-3-2-6-18(19)16-10-13-22(15-16)20-9-8-17(14-21-20)27(24,25)23-11-4-5-12-23/h2-3,6-9,14,16H,4-5,10-13,15H2,1H3. The molecule has 3 heterocycles. The first kappa shape index (κ1) is 18.3. The van der Waals surface area contributed by atoms with E-state index in [2.05, 4.69) is 16.0 Å². The summed E-state index contributed by atoms with van der Waals surface area (Å²) >= 11 is 0. The largest absolute Gasteiger partial charge is 0.496 e. The fourth-order valence-corrected chi connectivity index (χ4v) is 5.48. The number of anilines is 1. The first-order valence-corrected chi connectivity index (χ1v) is 10.9. The SMILES string of the molecule is COc1ccccc1C1CCN(c2ccc(S(=O)(=O)N3CCCC3)cn2)C1. The van der Waals surface area contributed by atoms with Gasteiger partial charge in [-0.2, -0.15) is 4.31 Å². The molecule has 0 aliphatic carbocycles. The monoisotopic (exact) mass is 387 g/mol. The van der Waals surface area contributed by atoms with Crippen LogP contribution in [-0.2, 0) is 10.0 Å². The molecule has 1 aromatic heterocycles. The Morgan fingerprint density at radius 2 is 1.85 bits per heavy atom. The first-order valence-electron chi connectivity index (χ1n) is 9.43. The van der Waals surface area contributed by atoms with E-state index in [1.165, 1.54) is 11.8 Å². The molecule has 2 fully saturated rings. The Kier molecular flexibility index (Phi) is 5.06. The third-order valence-corrected chi connectivity index (χ3v) is 7.40. The van der Waals surface area contributed by atoms with Gasteiger partial charge in [-0.3, -0.25) is 0 Å². The van der Waals surface area contributed by atoms with Gasteiger partial charge in [-0.05, 0) is 43.0 Å². The average molecular weight is 388 g/mol. The van der Waals surface area contributed by atoms with E-state index in [0.29, 0.717) is 19.0 Å². The van der Waals surface area contributed by atoms with Crippen LogP contribution in [0.15, 0.2) is 47.5 Å². The second-order valence-corrected chi connectivity index (χ2v) is 9.07. The molecule has 0 radical (unpaired) electrons. The number of hydrogen-bond acceptors (Lipinski definition) is 5. The molecule has 0 spiro atoms. The molecule has 7 heteroatoms. The van der Waals surface area contributed by atoms with Crippen molar-refractivity contribution in [1.29, 1.82) is 0 Å². The van der Waals surface area contributed by atoms with Crippen molar-refractivity contribution in [1.82, 2.24) is 9.29 Å². The number of benzene rings is 1. The summed E-state index contributed by atoms with van der Waals surface area (Å²) in [6.45, 7) is 2.97. The van der Waals surface area contributed by atoms with Gasteiger partial charge in [0.15, 0.2) is 0 Å². The van der Waals surface area contributed by atoms with E-state index >= 15 is 0 Å². The maximum Gasteiger partial charge on any atom is 0.244 e. The lowest BCUT2D eigenvalue weighted by molar-refractivity contribution is 0.406. The van der Waals surface area contributed by atoms with Gasteiger partial charge in [0, 0.05) is 38.3 Å². The maximum absolute atomic E-state index is 12.6. The molecular formula is C20H25N3O3S. The van der Waals surface area contributed by atoms with Gasteiger partial charge in [0.25, 0.3) is 0 Å². The molecule has 6 nitrogen and oxygen atoms in total. The Morgan fingerprint density at radius 1 is 1.07 bits per heavy atom. The number of nitrogens with zero attached hydrogens (tertiary/aromatic N) is 3. The predicted octanol–water partition coefficient (Wildman–Crippen LogP) is 2.87. The average Bonchev–Trinajstić information content (AvgIpc) is 3.40. The van der Waals surface area contributed by atoms with Crippen molar-refractivity contribution in [2.24, 2.45) is 0 Å². The lowest BCUT2D eigenvalue weighted by atomic mass is 9.97. The molecule has 27 heavy (non-hydrogen) atoms. The van der Waals surface area contributed by atoms with Crippen LogP contribution in [0.2, 0.25) is 0 Å². The lowest BCUT2D eigenvalue weighted by Crippen LogP contribution is -2.28. The van der Waals surface area contributed by atoms with Gasteiger partial charge in [-0.25, -0.2) is 13.4 Å². The van der Waals surface area contributed by atoms with Crippen molar-refractivity contribution >= 4 is 15.8 Å². The van der Waals surface area contributed by atoms with E-state index in [9.17, 15) is 8.42 Å². The van der Waals surface area contributed by atoms with Crippen LogP contribution in [0.4, 0.5) is 5.82 Å². The van der Waals surface area contributed by atoms with Gasteiger partial charge in [0.05, 0.1) is 7.11 Å². The van der Waals surface area contributed by atoms with Gasteiger partial charge in [-0.1, -0.05) is 18.2 Å². The fraction of sp³-hybridized carbons (Fsp3) is 0.450. The molecule has 2 aliphatic rings. The molecule has 4 rings (SSSR count). The van der Waals surface area contributed by atoms with Crippen molar-refractivity contribution in [2.45, 2.75) is 30.1 Å². The zero-order chi connectivity index (χ0) is 18.9. The molecular weight excluding hydrogens is 362 g/mol. The summed E-state index contributed by atoms with van der Waals surface area (Å²) in [5.74, 6) is 2.13. The Hall–Kier alpha value is -2.12. The number of hydrogen-bond donors (Lipinski definition) is 0. The lowest BCUT2D eigenvalue weighted by Gasteiger charge is -2.20. The van der Waals surface area contributed by atoms with Gasteiger partial charge in [-0.15, -0.1) is 0 Å². The fourth-order valence-electron chi connectivity index (χ4n) is 4.02. The van der Waals surface area contributed by atoms with Crippen molar-refractivity contribution in [3.05, 3.63) is 48.2 Å². The van der Waals surface area contributed by atoms with Crippen LogP contribution in [0.5, 0.6) is 5.75 Å². The van der Waals surface area contributed by atoms with Crippen LogP contribution in [0.3, 0.4) is 0 Å². The summed E-state index contributed by atoms with van der Waals surface area (Å²) in [5, 5.41) is 0. The Morgan fingerprint density at radius 3 is 2.56 bits per heavy atom. The molecule has 144 valence electrons. The Balaban J connectivity index is 1.49. The molecule has 0 bridgehead atoms. The minimum absolute atomic E-state index is 0.286. The zero-order valence-corrected chi connectivity index (χ0v) is 16.4. The molecule has 0 N–H and O–H groups in total. The number of methoxy groups -OCH3 is 1. The van der Waals surface area contributed by atoms with Crippen LogP contribution in [0.1, 0.15) is 30.7 Å².